The second-order valence-corrected chi connectivity index (χ2v) is 12.9. The fraction of sp³-hybridized carbons (Fsp3) is 0.0682. The smallest absolute Gasteiger partial charge is 0.160 e. The highest BCUT2D eigenvalue weighted by Gasteiger charge is 2.35. The van der Waals surface area contributed by atoms with E-state index in [0.29, 0.717) is 5.82 Å². The van der Waals surface area contributed by atoms with Crippen LogP contribution < -0.4 is 0 Å². The second kappa shape index (κ2) is 10.6. The number of fused-ring (bicyclic) bond motifs is 6. The Balaban J connectivity index is 1.19. The lowest BCUT2D eigenvalue weighted by Gasteiger charge is -2.22. The van der Waals surface area contributed by atoms with Gasteiger partial charge in [0.15, 0.2) is 5.82 Å². The summed E-state index contributed by atoms with van der Waals surface area (Å²) in [6.07, 6.45) is 3.66. The summed E-state index contributed by atoms with van der Waals surface area (Å²) >= 11 is 0. The van der Waals surface area contributed by atoms with Gasteiger partial charge in [-0.2, -0.15) is 0 Å². The second-order valence-electron chi connectivity index (χ2n) is 12.9. The molecule has 3 nitrogen and oxygen atoms in total. The molecule has 8 aromatic rings. The van der Waals surface area contributed by atoms with E-state index in [1.807, 2.05) is 30.6 Å². The summed E-state index contributed by atoms with van der Waals surface area (Å²) in [7, 11) is 0. The zero-order valence-corrected chi connectivity index (χ0v) is 26.3. The van der Waals surface area contributed by atoms with E-state index < -0.39 is 0 Å². The van der Waals surface area contributed by atoms with Crippen LogP contribution in [0.1, 0.15) is 25.0 Å². The first kappa shape index (κ1) is 27.4. The molecule has 0 amide bonds. The zero-order chi connectivity index (χ0) is 31.5. The molecule has 0 atom stereocenters. The molecule has 222 valence electrons. The molecule has 0 aliphatic heterocycles. The van der Waals surface area contributed by atoms with Crippen molar-refractivity contribution in [2.24, 2.45) is 0 Å². The van der Waals surface area contributed by atoms with Crippen molar-refractivity contribution in [2.75, 3.05) is 0 Å². The van der Waals surface area contributed by atoms with Crippen molar-refractivity contribution in [2.45, 2.75) is 19.3 Å². The third-order valence-corrected chi connectivity index (χ3v) is 9.76. The van der Waals surface area contributed by atoms with Crippen molar-refractivity contribution in [3.8, 4) is 56.2 Å². The monoisotopic (exact) mass is 601 g/mol. The predicted octanol–water partition coefficient (Wildman–Crippen LogP) is 11.2. The third kappa shape index (κ3) is 4.54. The standard InChI is InChI=1S/C44H31N3/c1-44(2)39-14-7-6-13-36(39)38-25-32-16-15-31-24-34(17-18-35(31)37(32)26-40(38)44)43-46-41(29-9-4-3-5-10-29)27-42(47-43)33-12-8-11-30(23-33)28-19-21-45-22-20-28/h3-27H,1-2H3. The van der Waals surface area contributed by atoms with E-state index in [9.17, 15) is 0 Å². The van der Waals surface area contributed by atoms with E-state index in [1.165, 1.54) is 43.8 Å². The minimum absolute atomic E-state index is 0.0426. The van der Waals surface area contributed by atoms with E-state index in [1.54, 1.807) is 0 Å². The summed E-state index contributed by atoms with van der Waals surface area (Å²) in [6, 6.07) is 49.8. The fourth-order valence-corrected chi connectivity index (χ4v) is 7.28. The van der Waals surface area contributed by atoms with Gasteiger partial charge in [-0.05, 0) is 97.4 Å². The van der Waals surface area contributed by atoms with Crippen molar-refractivity contribution < 1.29 is 0 Å². The molecular formula is C44H31N3. The molecule has 2 aromatic heterocycles. The summed E-state index contributed by atoms with van der Waals surface area (Å²) in [4.78, 5) is 14.5. The highest BCUT2D eigenvalue weighted by molar-refractivity contribution is 6.10. The Morgan fingerprint density at radius 1 is 0.426 bits per heavy atom. The van der Waals surface area contributed by atoms with Gasteiger partial charge in [0.05, 0.1) is 11.4 Å². The fourth-order valence-electron chi connectivity index (χ4n) is 7.28. The molecule has 0 bridgehead atoms. The molecule has 0 fully saturated rings. The molecular weight excluding hydrogens is 571 g/mol. The normalized spacial score (nSPS) is 13.1. The number of hydrogen-bond acceptors (Lipinski definition) is 3. The van der Waals surface area contributed by atoms with Gasteiger partial charge in [-0.1, -0.05) is 111 Å². The van der Waals surface area contributed by atoms with Crippen LogP contribution in [0.3, 0.4) is 0 Å². The van der Waals surface area contributed by atoms with E-state index >= 15 is 0 Å². The Bertz CT molecular complexity index is 2480. The topological polar surface area (TPSA) is 38.7 Å². The number of benzene rings is 6. The van der Waals surface area contributed by atoms with Crippen molar-refractivity contribution in [3.63, 3.8) is 0 Å². The minimum Gasteiger partial charge on any atom is -0.265 e. The SMILES string of the molecule is CC1(C)c2ccccc2-c2cc3ccc4cc(-c5nc(-c6ccccc6)cc(-c6cccc(-c7ccncc7)c6)n5)ccc4c3cc21. The van der Waals surface area contributed by atoms with Gasteiger partial charge in [-0.3, -0.25) is 4.98 Å². The van der Waals surface area contributed by atoms with Gasteiger partial charge in [-0.25, -0.2) is 9.97 Å². The van der Waals surface area contributed by atoms with Crippen molar-refractivity contribution in [1.82, 2.24) is 15.0 Å². The van der Waals surface area contributed by atoms with Gasteiger partial charge in [0.2, 0.25) is 0 Å². The summed E-state index contributed by atoms with van der Waals surface area (Å²) in [6.45, 7) is 4.68. The highest BCUT2D eigenvalue weighted by Crippen LogP contribution is 2.50. The van der Waals surface area contributed by atoms with Crippen LogP contribution in [-0.2, 0) is 5.41 Å². The number of nitrogens with zero attached hydrogens (tertiary/aromatic N) is 3. The van der Waals surface area contributed by atoms with Gasteiger partial charge in [-0.15, -0.1) is 0 Å². The predicted molar refractivity (Wildman–Crippen MR) is 194 cm³/mol. The lowest BCUT2D eigenvalue weighted by molar-refractivity contribution is 0.661. The molecule has 0 saturated heterocycles. The van der Waals surface area contributed by atoms with Crippen molar-refractivity contribution in [1.29, 1.82) is 0 Å². The first-order valence-electron chi connectivity index (χ1n) is 16.1. The molecule has 9 rings (SSSR count). The lowest BCUT2D eigenvalue weighted by Crippen LogP contribution is -2.14. The van der Waals surface area contributed by atoms with Crippen molar-refractivity contribution in [3.05, 3.63) is 163 Å². The molecule has 1 aliphatic carbocycles. The molecule has 47 heavy (non-hydrogen) atoms. The third-order valence-electron chi connectivity index (χ3n) is 9.76. The van der Waals surface area contributed by atoms with E-state index in [2.05, 4.69) is 140 Å². The molecule has 1 aliphatic rings. The van der Waals surface area contributed by atoms with E-state index in [4.69, 9.17) is 9.97 Å². The largest absolute Gasteiger partial charge is 0.265 e. The minimum atomic E-state index is -0.0426. The average Bonchev–Trinajstić information content (AvgIpc) is 3.36. The maximum absolute atomic E-state index is 5.17. The molecule has 0 spiro atoms. The Hall–Kier alpha value is -5.93. The van der Waals surface area contributed by atoms with Crippen LogP contribution in [0.25, 0.3) is 77.7 Å². The van der Waals surface area contributed by atoms with Crippen molar-refractivity contribution >= 4 is 21.5 Å². The summed E-state index contributed by atoms with van der Waals surface area (Å²) < 4.78 is 0. The van der Waals surface area contributed by atoms with Crippen LogP contribution in [0.5, 0.6) is 0 Å². The summed E-state index contributed by atoms with van der Waals surface area (Å²) in [5.41, 5.74) is 12.6. The average molecular weight is 602 g/mol. The lowest BCUT2D eigenvalue weighted by atomic mass is 9.81. The van der Waals surface area contributed by atoms with Gasteiger partial charge in [0.1, 0.15) is 0 Å². The van der Waals surface area contributed by atoms with Crippen LogP contribution in [0, 0.1) is 0 Å². The molecule has 3 heteroatoms. The van der Waals surface area contributed by atoms with E-state index in [0.717, 1.165) is 39.2 Å². The summed E-state index contributed by atoms with van der Waals surface area (Å²) in [5, 5.41) is 4.96. The Morgan fingerprint density at radius 3 is 1.96 bits per heavy atom. The first-order chi connectivity index (χ1) is 23.0. The Kier molecular flexibility index (Phi) is 6.16. The molecule has 0 unspecified atom stereocenters. The van der Waals surface area contributed by atoms with Gasteiger partial charge in [0.25, 0.3) is 0 Å². The maximum atomic E-state index is 5.17. The molecule has 0 N–H and O–H groups in total. The molecule has 2 heterocycles. The van der Waals surface area contributed by atoms with Crippen LogP contribution in [0.15, 0.2) is 152 Å². The van der Waals surface area contributed by atoms with E-state index in [-0.39, 0.29) is 5.41 Å². The Labute approximate surface area is 274 Å². The molecule has 0 saturated carbocycles. The number of rotatable bonds is 4. The van der Waals surface area contributed by atoms with Crippen LogP contribution in [-0.4, -0.2) is 15.0 Å². The number of aromatic nitrogens is 3. The highest BCUT2D eigenvalue weighted by atomic mass is 14.9. The number of pyridine rings is 1. The van der Waals surface area contributed by atoms with Crippen LogP contribution in [0.2, 0.25) is 0 Å². The zero-order valence-electron chi connectivity index (χ0n) is 26.3. The molecule has 0 radical (unpaired) electrons. The first-order valence-corrected chi connectivity index (χ1v) is 16.1. The van der Waals surface area contributed by atoms with Crippen LogP contribution in [0.4, 0.5) is 0 Å². The quantitative estimate of drug-likeness (QED) is 0.188. The Morgan fingerprint density at radius 2 is 1.13 bits per heavy atom. The molecule has 6 aromatic carbocycles. The van der Waals surface area contributed by atoms with Gasteiger partial charge in [0, 0.05) is 34.5 Å². The maximum Gasteiger partial charge on any atom is 0.160 e. The summed E-state index contributed by atoms with van der Waals surface area (Å²) in [5.74, 6) is 0.711. The van der Waals surface area contributed by atoms with Gasteiger partial charge >= 0.3 is 0 Å². The van der Waals surface area contributed by atoms with Gasteiger partial charge < -0.3 is 0 Å². The number of hydrogen-bond donors (Lipinski definition) is 0. The van der Waals surface area contributed by atoms with Crippen LogP contribution >= 0.6 is 0 Å².